The predicted molar refractivity (Wildman–Crippen MR) is 98.6 cm³/mol. The highest BCUT2D eigenvalue weighted by molar-refractivity contribution is 6.04. The van der Waals surface area contributed by atoms with Gasteiger partial charge in [0.2, 0.25) is 0 Å². The molecule has 0 saturated carbocycles. The van der Waals surface area contributed by atoms with Gasteiger partial charge in [-0.25, -0.2) is 0 Å². The molecular formula is C22H20O3. The summed E-state index contributed by atoms with van der Waals surface area (Å²) in [5, 5.41) is 12.6. The van der Waals surface area contributed by atoms with Crippen LogP contribution < -0.4 is 4.74 Å². The third-order valence-electron chi connectivity index (χ3n) is 5.71. The molecule has 1 N–H and O–H groups in total. The second kappa shape index (κ2) is 5.24. The molecular weight excluding hydrogens is 312 g/mol. The van der Waals surface area contributed by atoms with Crippen molar-refractivity contribution in [2.75, 3.05) is 20.3 Å². The van der Waals surface area contributed by atoms with E-state index in [0.29, 0.717) is 24.2 Å². The molecule has 5 rings (SSSR count). The minimum atomic E-state index is 0.307. The molecule has 2 atom stereocenters. The molecule has 0 radical (unpaired) electrons. The molecule has 2 unspecified atom stereocenters. The minimum absolute atomic E-state index is 0.307. The molecule has 0 spiro atoms. The van der Waals surface area contributed by atoms with Gasteiger partial charge in [0, 0.05) is 17.2 Å². The lowest BCUT2D eigenvalue weighted by atomic mass is 9.71. The summed E-state index contributed by atoms with van der Waals surface area (Å²) in [5.74, 6) is 1.75. The number of phenolic OH excluding ortho intramolecular Hbond substituents is 1. The minimum Gasteiger partial charge on any atom is -0.507 e. The van der Waals surface area contributed by atoms with Crippen LogP contribution in [0.15, 0.2) is 42.5 Å². The van der Waals surface area contributed by atoms with Gasteiger partial charge in [-0.1, -0.05) is 23.8 Å². The first kappa shape index (κ1) is 14.8. The fourth-order valence-electron chi connectivity index (χ4n) is 4.51. The lowest BCUT2D eigenvalue weighted by Gasteiger charge is -2.31. The number of rotatable bonds is 1. The Bertz CT molecular complexity index is 1010. The van der Waals surface area contributed by atoms with E-state index in [2.05, 4.69) is 31.2 Å². The summed E-state index contributed by atoms with van der Waals surface area (Å²) in [6, 6.07) is 14.6. The van der Waals surface area contributed by atoms with Gasteiger partial charge in [-0.15, -0.1) is 0 Å². The normalized spacial score (nSPS) is 20.9. The molecule has 3 nitrogen and oxygen atoms in total. The first-order valence-corrected chi connectivity index (χ1v) is 8.69. The number of aromatic hydroxyl groups is 1. The fourth-order valence-corrected chi connectivity index (χ4v) is 4.51. The summed E-state index contributed by atoms with van der Waals surface area (Å²) >= 11 is 0. The van der Waals surface area contributed by atoms with Gasteiger partial charge in [0.15, 0.2) is 0 Å². The van der Waals surface area contributed by atoms with Crippen molar-refractivity contribution in [3.8, 4) is 22.6 Å². The number of ether oxygens (including phenoxy) is 2. The summed E-state index contributed by atoms with van der Waals surface area (Å²) in [5.41, 5.74) is 6.35. The van der Waals surface area contributed by atoms with E-state index in [-0.39, 0.29) is 0 Å². The standard InChI is InChI=1S/C22H20O3/c1-12-3-5-14-16(7-12)19-10-25-11-20(19)18-9-21(23)17-8-13(24-2)4-6-15(17)22(14)18/h3-9,19-20,23H,10-11H2,1-2H3. The highest BCUT2D eigenvalue weighted by atomic mass is 16.5. The quantitative estimate of drug-likeness (QED) is 0.699. The Morgan fingerprint density at radius 2 is 1.76 bits per heavy atom. The van der Waals surface area contributed by atoms with E-state index in [0.717, 1.165) is 23.1 Å². The molecule has 25 heavy (non-hydrogen) atoms. The number of hydrogen-bond acceptors (Lipinski definition) is 3. The Morgan fingerprint density at radius 1 is 0.960 bits per heavy atom. The lowest BCUT2D eigenvalue weighted by Crippen LogP contribution is -2.16. The van der Waals surface area contributed by atoms with Crippen LogP contribution in [0, 0.1) is 6.92 Å². The van der Waals surface area contributed by atoms with Crippen molar-refractivity contribution >= 4 is 10.8 Å². The van der Waals surface area contributed by atoms with E-state index in [1.165, 1.54) is 27.8 Å². The molecule has 1 heterocycles. The molecule has 1 aliphatic carbocycles. The van der Waals surface area contributed by atoms with Crippen molar-refractivity contribution in [2.45, 2.75) is 18.8 Å². The van der Waals surface area contributed by atoms with Crippen LogP contribution in [0.3, 0.4) is 0 Å². The van der Waals surface area contributed by atoms with Gasteiger partial charge in [-0.05, 0) is 58.8 Å². The average Bonchev–Trinajstić information content (AvgIpc) is 3.12. The molecule has 0 amide bonds. The third kappa shape index (κ3) is 2.02. The number of hydrogen-bond donors (Lipinski definition) is 1. The molecule has 3 heteroatoms. The maximum Gasteiger partial charge on any atom is 0.123 e. The Kier molecular flexibility index (Phi) is 3.10. The van der Waals surface area contributed by atoms with E-state index in [1.807, 2.05) is 18.2 Å². The lowest BCUT2D eigenvalue weighted by molar-refractivity contribution is 0.191. The summed E-state index contributed by atoms with van der Waals surface area (Å²) in [7, 11) is 1.65. The summed E-state index contributed by atoms with van der Waals surface area (Å²) in [6.07, 6.45) is 0. The maximum absolute atomic E-state index is 10.7. The molecule has 3 aromatic rings. The van der Waals surface area contributed by atoms with Gasteiger partial charge in [0.1, 0.15) is 11.5 Å². The Hall–Kier alpha value is -2.52. The van der Waals surface area contributed by atoms with Gasteiger partial charge >= 0.3 is 0 Å². The predicted octanol–water partition coefficient (Wildman–Crippen LogP) is 4.74. The van der Waals surface area contributed by atoms with Crippen molar-refractivity contribution in [1.29, 1.82) is 0 Å². The summed E-state index contributed by atoms with van der Waals surface area (Å²) in [4.78, 5) is 0. The number of fused-ring (bicyclic) bond motifs is 8. The van der Waals surface area contributed by atoms with E-state index < -0.39 is 0 Å². The van der Waals surface area contributed by atoms with Gasteiger partial charge in [-0.2, -0.15) is 0 Å². The summed E-state index contributed by atoms with van der Waals surface area (Å²) < 4.78 is 11.2. The molecule has 3 aromatic carbocycles. The highest BCUT2D eigenvalue weighted by Crippen LogP contribution is 2.53. The maximum atomic E-state index is 10.7. The van der Waals surface area contributed by atoms with E-state index in [4.69, 9.17) is 9.47 Å². The van der Waals surface area contributed by atoms with Crippen LogP contribution in [0.1, 0.15) is 28.5 Å². The fraction of sp³-hybridized carbons (Fsp3) is 0.273. The van der Waals surface area contributed by atoms with E-state index in [1.54, 1.807) is 7.11 Å². The molecule has 1 saturated heterocycles. The third-order valence-corrected chi connectivity index (χ3v) is 5.71. The summed E-state index contributed by atoms with van der Waals surface area (Å²) in [6.45, 7) is 3.61. The second-order valence-electron chi connectivity index (χ2n) is 7.11. The van der Waals surface area contributed by atoms with Crippen LogP contribution in [-0.4, -0.2) is 25.4 Å². The monoisotopic (exact) mass is 332 g/mol. The zero-order valence-electron chi connectivity index (χ0n) is 14.4. The molecule has 1 aliphatic heterocycles. The molecule has 2 aliphatic rings. The first-order valence-electron chi connectivity index (χ1n) is 8.69. The van der Waals surface area contributed by atoms with E-state index >= 15 is 0 Å². The van der Waals surface area contributed by atoms with Crippen molar-refractivity contribution in [2.24, 2.45) is 0 Å². The average molecular weight is 332 g/mol. The van der Waals surface area contributed by atoms with Crippen molar-refractivity contribution in [1.82, 2.24) is 0 Å². The smallest absolute Gasteiger partial charge is 0.123 e. The van der Waals surface area contributed by atoms with Gasteiger partial charge in [0.05, 0.1) is 20.3 Å². The highest BCUT2D eigenvalue weighted by Gasteiger charge is 2.39. The van der Waals surface area contributed by atoms with Crippen molar-refractivity contribution < 1.29 is 14.6 Å². The molecule has 0 aromatic heterocycles. The number of aryl methyl sites for hydroxylation is 1. The Morgan fingerprint density at radius 3 is 2.56 bits per heavy atom. The van der Waals surface area contributed by atoms with Crippen LogP contribution >= 0.6 is 0 Å². The van der Waals surface area contributed by atoms with Crippen LogP contribution in [0.5, 0.6) is 11.5 Å². The van der Waals surface area contributed by atoms with Gasteiger partial charge in [-0.3, -0.25) is 0 Å². The van der Waals surface area contributed by atoms with Crippen LogP contribution in [0.25, 0.3) is 21.9 Å². The van der Waals surface area contributed by atoms with Gasteiger partial charge in [0.25, 0.3) is 0 Å². The number of methoxy groups -OCH3 is 1. The molecule has 126 valence electrons. The SMILES string of the molecule is COc1ccc2c3c(cc(O)c2c1)C1COCC1c1cc(C)ccc1-3. The Balaban J connectivity index is 1.89. The molecule has 0 bridgehead atoms. The van der Waals surface area contributed by atoms with Crippen LogP contribution in [-0.2, 0) is 4.74 Å². The topological polar surface area (TPSA) is 38.7 Å². The van der Waals surface area contributed by atoms with Crippen LogP contribution in [0.2, 0.25) is 0 Å². The first-order chi connectivity index (χ1) is 12.2. The van der Waals surface area contributed by atoms with E-state index in [9.17, 15) is 5.11 Å². The number of benzene rings is 3. The Labute approximate surface area is 146 Å². The van der Waals surface area contributed by atoms with Crippen molar-refractivity contribution in [3.63, 3.8) is 0 Å². The molecule has 1 fully saturated rings. The van der Waals surface area contributed by atoms with Gasteiger partial charge < -0.3 is 14.6 Å². The zero-order chi connectivity index (χ0) is 17.1. The van der Waals surface area contributed by atoms with Crippen molar-refractivity contribution in [3.05, 3.63) is 59.2 Å². The van der Waals surface area contributed by atoms with Crippen LogP contribution in [0.4, 0.5) is 0 Å². The number of phenols is 1. The second-order valence-corrected chi connectivity index (χ2v) is 7.11. The zero-order valence-corrected chi connectivity index (χ0v) is 14.4. The largest absolute Gasteiger partial charge is 0.507 e.